The first-order valence-corrected chi connectivity index (χ1v) is 18.2. The number of hydrogen-bond acceptors (Lipinski definition) is 11. The summed E-state index contributed by atoms with van der Waals surface area (Å²) in [7, 11) is 1.79. The monoisotopic (exact) mass is 722 g/mol. The largest absolute Gasteiger partial charge is 0.442 e. The molecule has 4 aliphatic rings. The van der Waals surface area contributed by atoms with Gasteiger partial charge in [0.2, 0.25) is 5.89 Å². The Morgan fingerprint density at radius 2 is 1.82 bits per heavy atom. The lowest BCUT2D eigenvalue weighted by Crippen LogP contribution is -2.62. The average molecular weight is 723 g/mol. The van der Waals surface area contributed by atoms with Crippen LogP contribution in [0.2, 0.25) is 5.02 Å². The molecule has 15 heteroatoms. The summed E-state index contributed by atoms with van der Waals surface area (Å²) >= 11 is 6.87. The summed E-state index contributed by atoms with van der Waals surface area (Å²) in [5.74, 6) is -2.55. The van der Waals surface area contributed by atoms with Crippen LogP contribution in [-0.2, 0) is 18.5 Å². The van der Waals surface area contributed by atoms with Crippen molar-refractivity contribution < 1.29 is 28.1 Å². The maximum Gasteiger partial charge on any atom is 0.343 e. The number of nitrogens with one attached hydrogen (secondary N) is 1. The van der Waals surface area contributed by atoms with E-state index in [1.807, 2.05) is 11.8 Å². The average Bonchev–Trinajstić information content (AvgIpc) is 3.91. The second kappa shape index (κ2) is 12.9. The number of rotatable bonds is 5. The van der Waals surface area contributed by atoms with Crippen LogP contribution in [0, 0.1) is 5.82 Å². The third-order valence-corrected chi connectivity index (χ3v) is 11.4. The van der Waals surface area contributed by atoms with Crippen LogP contribution < -0.4 is 9.64 Å². The number of alkyl halides is 1. The van der Waals surface area contributed by atoms with Crippen molar-refractivity contribution in [1.29, 1.82) is 0 Å². The van der Waals surface area contributed by atoms with Crippen LogP contribution in [0.3, 0.4) is 0 Å². The van der Waals surface area contributed by atoms with Crippen molar-refractivity contribution in [2.45, 2.75) is 94.7 Å². The second-order valence-corrected chi connectivity index (χ2v) is 14.6. The molecule has 5 aromatic rings. The molecule has 3 N–H and O–H groups in total. The van der Waals surface area contributed by atoms with Crippen molar-refractivity contribution in [3.8, 4) is 17.3 Å². The molecule has 1 unspecified atom stereocenters. The van der Waals surface area contributed by atoms with Gasteiger partial charge in [0.25, 0.3) is 0 Å². The zero-order valence-electron chi connectivity index (χ0n) is 28.7. The highest BCUT2D eigenvalue weighted by Gasteiger charge is 2.60. The molecule has 0 saturated carbocycles. The smallest absolute Gasteiger partial charge is 0.343 e. The fourth-order valence-electron chi connectivity index (χ4n) is 8.48. The van der Waals surface area contributed by atoms with Crippen LogP contribution in [0.4, 0.5) is 14.6 Å². The molecule has 0 spiro atoms. The number of benzene rings is 1. The van der Waals surface area contributed by atoms with Crippen molar-refractivity contribution in [3.63, 3.8) is 0 Å². The molecule has 51 heavy (non-hydrogen) atoms. The summed E-state index contributed by atoms with van der Waals surface area (Å²) in [6, 6.07) is 1.35. The molecular formula is C36H41ClF2N8O4. The molecule has 0 amide bonds. The van der Waals surface area contributed by atoms with Gasteiger partial charge in [0.05, 0.1) is 23.3 Å². The highest BCUT2D eigenvalue weighted by Crippen LogP contribution is 2.46. The van der Waals surface area contributed by atoms with E-state index in [-0.39, 0.29) is 41.8 Å². The molecule has 12 nitrogen and oxygen atoms in total. The van der Waals surface area contributed by atoms with Crippen LogP contribution >= 0.6 is 11.6 Å². The molecule has 270 valence electrons. The van der Waals surface area contributed by atoms with Gasteiger partial charge in [0, 0.05) is 42.2 Å². The van der Waals surface area contributed by atoms with E-state index in [4.69, 9.17) is 20.8 Å². The van der Waals surface area contributed by atoms with E-state index in [2.05, 4.69) is 30.1 Å². The van der Waals surface area contributed by atoms with Crippen molar-refractivity contribution in [1.82, 2.24) is 35.0 Å². The van der Waals surface area contributed by atoms with Crippen molar-refractivity contribution in [2.75, 3.05) is 31.6 Å². The molecule has 2 fully saturated rings. The summed E-state index contributed by atoms with van der Waals surface area (Å²) in [5, 5.41) is 31.4. The Morgan fingerprint density at radius 1 is 1.02 bits per heavy atom. The van der Waals surface area contributed by atoms with Gasteiger partial charge < -0.3 is 24.3 Å². The van der Waals surface area contributed by atoms with Gasteiger partial charge in [-0.15, -0.1) is 0 Å². The van der Waals surface area contributed by atoms with E-state index in [9.17, 15) is 10.2 Å². The maximum absolute atomic E-state index is 17.2. The van der Waals surface area contributed by atoms with Gasteiger partial charge in [0.15, 0.2) is 11.5 Å². The van der Waals surface area contributed by atoms with Crippen LogP contribution in [-0.4, -0.2) is 83.4 Å². The first kappa shape index (κ1) is 34.1. The first-order chi connectivity index (χ1) is 24.5. The number of nitrogens with zero attached hydrogens (tertiary/aromatic N) is 7. The van der Waals surface area contributed by atoms with E-state index in [0.717, 1.165) is 25.9 Å². The lowest BCUT2D eigenvalue weighted by Gasteiger charge is -2.41. The number of fused-ring (bicyclic) bond motifs is 9. The number of H-pyrrole nitrogens is 1. The zero-order valence-corrected chi connectivity index (χ0v) is 29.4. The van der Waals surface area contributed by atoms with Crippen LogP contribution in [0.25, 0.3) is 33.1 Å². The zero-order chi connectivity index (χ0) is 35.5. The van der Waals surface area contributed by atoms with Crippen molar-refractivity contribution >= 4 is 39.2 Å². The Kier molecular flexibility index (Phi) is 8.63. The predicted octanol–water partition coefficient (Wildman–Crippen LogP) is 6.36. The fraction of sp³-hybridized carbons (Fsp3) is 0.528. The van der Waals surface area contributed by atoms with Gasteiger partial charge in [-0.3, -0.25) is 15.0 Å². The quantitative estimate of drug-likeness (QED) is 0.174. The minimum absolute atomic E-state index is 0.0228. The van der Waals surface area contributed by atoms with Crippen molar-refractivity contribution in [2.24, 2.45) is 0 Å². The normalized spacial score (nSPS) is 21.4. The molecule has 2 saturated heterocycles. The molecule has 6 bridgehead atoms. The number of halogens is 3. The fourth-order valence-corrected chi connectivity index (χ4v) is 8.78. The number of oxazole rings is 1. The molecule has 0 radical (unpaired) electrons. The van der Waals surface area contributed by atoms with E-state index in [1.54, 1.807) is 30.4 Å². The second-order valence-electron chi connectivity index (χ2n) is 14.2. The van der Waals surface area contributed by atoms with Gasteiger partial charge in [-0.25, -0.2) is 13.8 Å². The molecule has 0 aliphatic carbocycles. The highest BCUT2D eigenvalue weighted by molar-refractivity contribution is 6.33. The van der Waals surface area contributed by atoms with E-state index < -0.39 is 23.0 Å². The Labute approximate surface area is 298 Å². The lowest BCUT2D eigenvalue weighted by atomic mass is 9.91. The third kappa shape index (κ3) is 5.71. The summed E-state index contributed by atoms with van der Waals surface area (Å²) in [6.45, 7) is 3.80. The van der Waals surface area contributed by atoms with Crippen LogP contribution in [0.5, 0.6) is 6.01 Å². The van der Waals surface area contributed by atoms with Gasteiger partial charge in [-0.2, -0.15) is 15.1 Å². The SMILES string of the molecule is CCCC1(F)CCCCN(C)c2nc(OC(O)(O)C34CCCN3CCC4)nc3c(F)c(ncc23)-c2c(c(Cl)cc3[nH]ncc23)CCc2cnc1o2. The molecule has 1 atom stereocenters. The van der Waals surface area contributed by atoms with Crippen LogP contribution in [0.1, 0.15) is 81.9 Å². The number of pyridine rings is 1. The van der Waals surface area contributed by atoms with Gasteiger partial charge >= 0.3 is 12.0 Å². The van der Waals surface area contributed by atoms with Gasteiger partial charge in [-0.05, 0) is 82.5 Å². The number of aryl methyl sites for hydroxylation is 1. The summed E-state index contributed by atoms with van der Waals surface area (Å²) in [5.41, 5.74) is -1.30. The molecule has 8 heterocycles. The Bertz CT molecular complexity index is 2100. The Balaban J connectivity index is 1.29. The molecule has 4 aliphatic heterocycles. The summed E-state index contributed by atoms with van der Waals surface area (Å²) < 4.78 is 45.6. The minimum Gasteiger partial charge on any atom is -0.442 e. The van der Waals surface area contributed by atoms with Gasteiger partial charge in [-0.1, -0.05) is 24.9 Å². The van der Waals surface area contributed by atoms with E-state index in [1.165, 1.54) is 6.20 Å². The topological polar surface area (TPSA) is 150 Å². The number of ether oxygens (including phenoxy) is 1. The Morgan fingerprint density at radius 3 is 2.61 bits per heavy atom. The summed E-state index contributed by atoms with van der Waals surface area (Å²) in [4.78, 5) is 21.9. The number of aromatic nitrogens is 6. The van der Waals surface area contributed by atoms with Gasteiger partial charge in [0.1, 0.15) is 28.3 Å². The molecule has 4 aromatic heterocycles. The van der Waals surface area contributed by atoms with Crippen LogP contribution in [0.15, 0.2) is 29.1 Å². The standard InChI is InChI=1S/C36H41ClF2N8O4/c1-3-10-34(39)11-4-5-14-46(2)31-24-19-40-30(27-22(9-8-21-18-41-32(34)50-21)25(37)17-26-23(27)20-42-45-26)28(38)29(24)43-33(44-31)51-36(48,49)35-12-6-15-47(35)16-7-13-35/h17-20,48-49H,3-16H2,1-2H3,(H,42,45). The number of anilines is 1. The predicted molar refractivity (Wildman–Crippen MR) is 187 cm³/mol. The minimum atomic E-state index is -2.63. The number of aliphatic hydroxyl groups is 2. The first-order valence-electron chi connectivity index (χ1n) is 17.8. The third-order valence-electron chi connectivity index (χ3n) is 11.0. The molecule has 1 aromatic carbocycles. The Hall–Kier alpha value is -3.98. The van der Waals surface area contributed by atoms with E-state index in [0.29, 0.717) is 89.7 Å². The summed E-state index contributed by atoms with van der Waals surface area (Å²) in [6.07, 6.45) is 10.1. The van der Waals surface area contributed by atoms with Crippen molar-refractivity contribution in [3.05, 3.63) is 52.7 Å². The lowest BCUT2D eigenvalue weighted by molar-refractivity contribution is -0.349. The molecule has 9 rings (SSSR count). The maximum atomic E-state index is 17.2. The number of aromatic amines is 1. The highest BCUT2D eigenvalue weighted by atomic mass is 35.5. The molecular weight excluding hydrogens is 682 g/mol. The van der Waals surface area contributed by atoms with E-state index >= 15 is 8.78 Å². The number of hydrogen-bond donors (Lipinski definition) is 3.